The third-order valence-electron chi connectivity index (χ3n) is 3.42. The summed E-state index contributed by atoms with van der Waals surface area (Å²) in [5.41, 5.74) is 0. The summed E-state index contributed by atoms with van der Waals surface area (Å²) < 4.78 is 17.3. The second-order valence-electron chi connectivity index (χ2n) is 5.06. The van der Waals surface area contributed by atoms with Crippen LogP contribution in [-0.2, 0) is 13.6 Å². The Bertz CT molecular complexity index is 435. The van der Waals surface area contributed by atoms with Gasteiger partial charge in [-0.3, -0.25) is 4.79 Å². The van der Waals surface area contributed by atoms with Crippen molar-refractivity contribution in [2.75, 3.05) is 25.6 Å². The third kappa shape index (κ3) is 8.01. The van der Waals surface area contributed by atoms with Gasteiger partial charge in [-0.25, -0.2) is 0 Å². The zero-order valence-electron chi connectivity index (χ0n) is 14.4. The van der Waals surface area contributed by atoms with Gasteiger partial charge in [-0.05, 0) is 44.5 Å². The Balaban J connectivity index is 2.25. The number of ether oxygens (including phenoxy) is 1. The Morgan fingerprint density at radius 2 is 1.74 bits per heavy atom. The number of carbonyl (C=O) groups excluding carboxylic acids is 1. The van der Waals surface area contributed by atoms with E-state index in [0.717, 1.165) is 30.0 Å². The quantitative estimate of drug-likeness (QED) is 0.414. The van der Waals surface area contributed by atoms with Crippen LogP contribution in [0.4, 0.5) is 0 Å². The summed E-state index contributed by atoms with van der Waals surface area (Å²) in [6, 6.07) is 11.3. The van der Waals surface area contributed by atoms with Crippen molar-refractivity contribution in [1.29, 1.82) is 0 Å². The van der Waals surface area contributed by atoms with Crippen molar-refractivity contribution >= 4 is 25.4 Å². The predicted octanol–water partition coefficient (Wildman–Crippen LogP) is 4.25. The van der Waals surface area contributed by atoms with Gasteiger partial charge in [-0.1, -0.05) is 36.9 Å². The summed E-state index contributed by atoms with van der Waals surface area (Å²) in [4.78, 5) is 11.8. The van der Waals surface area contributed by atoms with Crippen molar-refractivity contribution in [2.45, 2.75) is 39.3 Å². The first-order chi connectivity index (χ1) is 11.2. The molecule has 0 bridgehead atoms. The van der Waals surface area contributed by atoms with Gasteiger partial charge in [0.1, 0.15) is 5.75 Å². The lowest BCUT2D eigenvalue weighted by atomic mass is 10.3. The molecule has 0 radical (unpaired) electrons. The highest BCUT2D eigenvalue weighted by atomic mass is 32.2. The zero-order chi connectivity index (χ0) is 17.0. The first kappa shape index (κ1) is 20.2. The molecule has 0 spiro atoms. The van der Waals surface area contributed by atoms with E-state index in [-0.39, 0.29) is 11.7 Å². The lowest BCUT2D eigenvalue weighted by Crippen LogP contribution is -2.41. The highest BCUT2D eigenvalue weighted by molar-refractivity contribution is 8.13. The maximum Gasteiger partial charge on any atom is 0.337 e. The fourth-order valence-electron chi connectivity index (χ4n) is 2.32. The Kier molecular flexibility index (Phi) is 10.3. The third-order valence-corrected chi connectivity index (χ3v) is 8.17. The highest BCUT2D eigenvalue weighted by Crippen LogP contribution is 2.22. The average Bonchev–Trinajstić information content (AvgIpc) is 2.58. The van der Waals surface area contributed by atoms with Crippen LogP contribution in [0.25, 0.3) is 0 Å². The van der Waals surface area contributed by atoms with Crippen LogP contribution in [0, 0.1) is 0 Å². The lowest BCUT2D eigenvalue weighted by molar-refractivity contribution is -0.112. The molecule has 0 unspecified atom stereocenters. The van der Waals surface area contributed by atoms with Gasteiger partial charge in [0.15, 0.2) is 6.61 Å². The predicted molar refractivity (Wildman–Crippen MR) is 98.3 cm³/mol. The Morgan fingerprint density at radius 1 is 1.09 bits per heavy atom. The van der Waals surface area contributed by atoms with E-state index >= 15 is 0 Å². The minimum absolute atomic E-state index is 0.0606. The molecule has 0 aromatic heterocycles. The van der Waals surface area contributed by atoms with Crippen LogP contribution >= 0.6 is 11.8 Å². The van der Waals surface area contributed by atoms with Crippen LogP contribution in [0.3, 0.4) is 0 Å². The summed E-state index contributed by atoms with van der Waals surface area (Å²) in [5.74, 6) is 1.51. The van der Waals surface area contributed by atoms with Crippen molar-refractivity contribution in [3.63, 3.8) is 0 Å². The monoisotopic (exact) mass is 356 g/mol. The van der Waals surface area contributed by atoms with Crippen LogP contribution < -0.4 is 4.74 Å². The zero-order valence-corrected chi connectivity index (χ0v) is 16.2. The smallest absolute Gasteiger partial charge is 0.337 e. The Labute approximate surface area is 145 Å². The molecule has 0 atom stereocenters. The summed E-state index contributed by atoms with van der Waals surface area (Å²) in [7, 11) is -2.07. The molecule has 0 fully saturated rings. The molecule has 0 N–H and O–H groups in total. The molecule has 0 aliphatic rings. The maximum absolute atomic E-state index is 11.8. The standard InChI is InChI=1S/C17H28O4SSi/c1-4-20-23(6-3,21-5-2)14-10-13-22-17(18)15-19-16-11-8-7-9-12-16/h7-9,11-12H,4-6,10,13-15H2,1-3H3. The first-order valence-electron chi connectivity index (χ1n) is 8.27. The SMILES string of the molecule is CCO[Si](CC)(CCCSC(=O)COc1ccccc1)OCC. The largest absolute Gasteiger partial charge is 0.485 e. The number of rotatable bonds is 12. The van der Waals surface area contributed by atoms with Crippen molar-refractivity contribution in [2.24, 2.45) is 0 Å². The summed E-state index contributed by atoms with van der Waals surface area (Å²) in [5, 5.41) is 0.0606. The van der Waals surface area contributed by atoms with Gasteiger partial charge in [-0.2, -0.15) is 0 Å². The van der Waals surface area contributed by atoms with E-state index in [2.05, 4.69) is 6.92 Å². The molecule has 0 aliphatic carbocycles. The Morgan fingerprint density at radius 3 is 2.30 bits per heavy atom. The molecule has 0 aliphatic heterocycles. The van der Waals surface area contributed by atoms with Crippen LogP contribution in [0.2, 0.25) is 12.1 Å². The normalized spacial score (nSPS) is 11.4. The van der Waals surface area contributed by atoms with E-state index in [1.54, 1.807) is 0 Å². The van der Waals surface area contributed by atoms with Gasteiger partial charge in [0.05, 0.1) is 0 Å². The van der Waals surface area contributed by atoms with Gasteiger partial charge >= 0.3 is 8.56 Å². The number of hydrogen-bond acceptors (Lipinski definition) is 5. The van der Waals surface area contributed by atoms with E-state index in [4.69, 9.17) is 13.6 Å². The van der Waals surface area contributed by atoms with E-state index in [9.17, 15) is 4.79 Å². The Hall–Kier alpha value is -0.823. The molecule has 0 heterocycles. The minimum atomic E-state index is -2.07. The molecule has 1 aromatic carbocycles. The van der Waals surface area contributed by atoms with Gasteiger partial charge in [-0.15, -0.1) is 0 Å². The van der Waals surface area contributed by atoms with Crippen molar-refractivity contribution < 1.29 is 18.4 Å². The number of hydrogen-bond donors (Lipinski definition) is 0. The molecule has 0 saturated heterocycles. The van der Waals surface area contributed by atoms with Crippen LogP contribution in [0.5, 0.6) is 5.75 Å². The highest BCUT2D eigenvalue weighted by Gasteiger charge is 2.34. The fourth-order valence-corrected chi connectivity index (χ4v) is 6.14. The minimum Gasteiger partial charge on any atom is -0.485 e. The second kappa shape index (κ2) is 11.7. The second-order valence-corrected chi connectivity index (χ2v) is 9.81. The molecule has 130 valence electrons. The van der Waals surface area contributed by atoms with E-state index in [1.165, 1.54) is 11.8 Å². The van der Waals surface area contributed by atoms with E-state index in [0.29, 0.717) is 13.2 Å². The molecule has 1 rings (SSSR count). The van der Waals surface area contributed by atoms with Crippen LogP contribution in [-0.4, -0.2) is 39.2 Å². The van der Waals surface area contributed by atoms with E-state index < -0.39 is 8.56 Å². The molecule has 0 saturated carbocycles. The molecule has 4 nitrogen and oxygen atoms in total. The van der Waals surface area contributed by atoms with Gasteiger partial charge in [0.25, 0.3) is 0 Å². The topological polar surface area (TPSA) is 44.8 Å². The molecular formula is C17H28O4SSi. The maximum atomic E-state index is 11.8. The van der Waals surface area contributed by atoms with Crippen LogP contribution in [0.15, 0.2) is 30.3 Å². The van der Waals surface area contributed by atoms with Crippen molar-refractivity contribution in [3.8, 4) is 5.75 Å². The van der Waals surface area contributed by atoms with Gasteiger partial charge in [0, 0.05) is 19.0 Å². The van der Waals surface area contributed by atoms with Gasteiger partial charge in [0.2, 0.25) is 5.12 Å². The molecule has 23 heavy (non-hydrogen) atoms. The average molecular weight is 357 g/mol. The van der Waals surface area contributed by atoms with Crippen molar-refractivity contribution in [3.05, 3.63) is 30.3 Å². The summed E-state index contributed by atoms with van der Waals surface area (Å²) in [6.07, 6.45) is 0.932. The summed E-state index contributed by atoms with van der Waals surface area (Å²) in [6.45, 7) is 7.64. The molecule has 1 aromatic rings. The van der Waals surface area contributed by atoms with Crippen LogP contribution in [0.1, 0.15) is 27.2 Å². The van der Waals surface area contributed by atoms with Crippen molar-refractivity contribution in [1.82, 2.24) is 0 Å². The molecule has 6 heteroatoms. The van der Waals surface area contributed by atoms with Gasteiger partial charge < -0.3 is 13.6 Å². The molecule has 0 amide bonds. The number of thioether (sulfide) groups is 1. The summed E-state index contributed by atoms with van der Waals surface area (Å²) >= 11 is 1.33. The van der Waals surface area contributed by atoms with E-state index in [1.807, 2.05) is 44.2 Å². The number of carbonyl (C=O) groups is 1. The number of para-hydroxylation sites is 1. The number of benzene rings is 1. The lowest BCUT2D eigenvalue weighted by Gasteiger charge is -2.28. The first-order valence-corrected chi connectivity index (χ1v) is 11.5. The molecular weight excluding hydrogens is 328 g/mol. The fraction of sp³-hybridized carbons (Fsp3) is 0.588.